The summed E-state index contributed by atoms with van der Waals surface area (Å²) in [6.07, 6.45) is 9.10. The molecule has 1 aromatic heterocycles. The topological polar surface area (TPSA) is 45.4 Å². The molecule has 2 N–H and O–H groups in total. The molecule has 0 unspecified atom stereocenters. The van der Waals surface area contributed by atoms with Gasteiger partial charge in [-0.05, 0) is 36.8 Å². The minimum absolute atomic E-state index is 0.308. The minimum Gasteiger partial charge on any atom is -0.468 e. The number of aliphatic hydroxyl groups excluding tert-OH is 1. The van der Waals surface area contributed by atoms with Crippen molar-refractivity contribution in [3.05, 3.63) is 24.2 Å². The summed E-state index contributed by atoms with van der Waals surface area (Å²) in [5.74, 6) is 0.986. The first-order valence-electron chi connectivity index (χ1n) is 6.69. The van der Waals surface area contributed by atoms with E-state index in [1.807, 2.05) is 12.1 Å². The molecule has 0 amide bonds. The Morgan fingerprint density at radius 3 is 2.76 bits per heavy atom. The molecular weight excluding hydrogens is 214 g/mol. The Hall–Kier alpha value is -0.800. The predicted octanol–water partition coefficient (Wildman–Crippen LogP) is 2.70. The number of furan rings is 1. The second-order valence-corrected chi connectivity index (χ2v) is 5.22. The standard InChI is InChI=1S/C14H23NO2/c16-9-8-14(6-2-1-3-7-14)12-15-11-13-5-4-10-17-13/h4-5,10,15-16H,1-3,6-9,11-12H2. The van der Waals surface area contributed by atoms with Gasteiger partial charge in [-0.15, -0.1) is 0 Å². The Morgan fingerprint density at radius 2 is 2.12 bits per heavy atom. The maximum absolute atomic E-state index is 9.22. The van der Waals surface area contributed by atoms with Crippen LogP contribution >= 0.6 is 0 Å². The molecular formula is C14H23NO2. The Morgan fingerprint density at radius 1 is 1.29 bits per heavy atom. The monoisotopic (exact) mass is 237 g/mol. The van der Waals surface area contributed by atoms with Gasteiger partial charge in [0.05, 0.1) is 12.8 Å². The molecule has 0 aromatic carbocycles. The fourth-order valence-corrected chi connectivity index (χ4v) is 2.92. The van der Waals surface area contributed by atoms with Crippen molar-refractivity contribution in [2.24, 2.45) is 5.41 Å². The summed E-state index contributed by atoms with van der Waals surface area (Å²) < 4.78 is 5.30. The van der Waals surface area contributed by atoms with Crippen molar-refractivity contribution in [2.75, 3.05) is 13.2 Å². The number of nitrogens with one attached hydrogen (secondary N) is 1. The van der Waals surface area contributed by atoms with Crippen LogP contribution < -0.4 is 5.32 Å². The smallest absolute Gasteiger partial charge is 0.117 e. The summed E-state index contributed by atoms with van der Waals surface area (Å²) in [5, 5.41) is 12.7. The average Bonchev–Trinajstić information content (AvgIpc) is 2.84. The van der Waals surface area contributed by atoms with Gasteiger partial charge in [0.1, 0.15) is 5.76 Å². The molecule has 0 radical (unpaired) electrons. The first-order valence-corrected chi connectivity index (χ1v) is 6.69. The van der Waals surface area contributed by atoms with E-state index in [4.69, 9.17) is 4.42 Å². The highest BCUT2D eigenvalue weighted by Crippen LogP contribution is 2.38. The van der Waals surface area contributed by atoms with Gasteiger partial charge in [0.25, 0.3) is 0 Å². The van der Waals surface area contributed by atoms with E-state index in [1.165, 1.54) is 32.1 Å². The maximum Gasteiger partial charge on any atom is 0.117 e. The van der Waals surface area contributed by atoms with E-state index >= 15 is 0 Å². The lowest BCUT2D eigenvalue weighted by Crippen LogP contribution is -2.36. The van der Waals surface area contributed by atoms with Crippen molar-refractivity contribution in [1.29, 1.82) is 0 Å². The lowest BCUT2D eigenvalue weighted by molar-refractivity contribution is 0.125. The number of hydrogen-bond acceptors (Lipinski definition) is 3. The summed E-state index contributed by atoms with van der Waals surface area (Å²) in [6, 6.07) is 3.91. The van der Waals surface area contributed by atoms with Crippen LogP contribution in [-0.4, -0.2) is 18.3 Å². The van der Waals surface area contributed by atoms with Gasteiger partial charge in [0.15, 0.2) is 0 Å². The quantitative estimate of drug-likeness (QED) is 0.799. The third-order valence-corrected chi connectivity index (χ3v) is 3.94. The molecule has 17 heavy (non-hydrogen) atoms. The van der Waals surface area contributed by atoms with Crippen molar-refractivity contribution >= 4 is 0 Å². The van der Waals surface area contributed by atoms with Gasteiger partial charge >= 0.3 is 0 Å². The van der Waals surface area contributed by atoms with Crippen LogP contribution in [0.2, 0.25) is 0 Å². The fourth-order valence-electron chi connectivity index (χ4n) is 2.92. The Balaban J connectivity index is 1.80. The van der Waals surface area contributed by atoms with Crippen LogP contribution in [0.4, 0.5) is 0 Å². The molecule has 1 heterocycles. The van der Waals surface area contributed by atoms with Crippen molar-refractivity contribution in [3.63, 3.8) is 0 Å². The number of aliphatic hydroxyl groups is 1. The van der Waals surface area contributed by atoms with Gasteiger partial charge in [0.2, 0.25) is 0 Å². The van der Waals surface area contributed by atoms with E-state index in [9.17, 15) is 5.11 Å². The van der Waals surface area contributed by atoms with E-state index in [1.54, 1.807) is 6.26 Å². The molecule has 96 valence electrons. The van der Waals surface area contributed by atoms with E-state index in [0.29, 0.717) is 12.0 Å². The van der Waals surface area contributed by atoms with Crippen LogP contribution in [0.1, 0.15) is 44.3 Å². The van der Waals surface area contributed by atoms with Crippen LogP contribution in [0, 0.1) is 5.41 Å². The molecule has 1 saturated carbocycles. The van der Waals surface area contributed by atoms with Crippen molar-refractivity contribution in [1.82, 2.24) is 5.32 Å². The number of hydrogen-bond donors (Lipinski definition) is 2. The van der Waals surface area contributed by atoms with Crippen LogP contribution in [0.15, 0.2) is 22.8 Å². The average molecular weight is 237 g/mol. The van der Waals surface area contributed by atoms with Crippen molar-refractivity contribution in [2.45, 2.75) is 45.1 Å². The molecule has 0 atom stereocenters. The van der Waals surface area contributed by atoms with Gasteiger partial charge < -0.3 is 14.8 Å². The molecule has 0 spiro atoms. The van der Waals surface area contributed by atoms with Crippen LogP contribution in [0.5, 0.6) is 0 Å². The number of rotatable bonds is 6. The Bertz CT molecular complexity index is 297. The van der Waals surface area contributed by atoms with Crippen LogP contribution in [0.3, 0.4) is 0 Å². The largest absolute Gasteiger partial charge is 0.468 e. The zero-order valence-corrected chi connectivity index (χ0v) is 10.5. The minimum atomic E-state index is 0.308. The first kappa shape index (κ1) is 12.7. The molecule has 1 aliphatic carbocycles. The van der Waals surface area contributed by atoms with E-state index in [2.05, 4.69) is 5.32 Å². The van der Waals surface area contributed by atoms with E-state index in [0.717, 1.165) is 25.3 Å². The van der Waals surface area contributed by atoms with Gasteiger partial charge in [0, 0.05) is 13.2 Å². The highest BCUT2D eigenvalue weighted by molar-refractivity contribution is 4.97. The predicted molar refractivity (Wildman–Crippen MR) is 67.6 cm³/mol. The highest BCUT2D eigenvalue weighted by Gasteiger charge is 2.30. The maximum atomic E-state index is 9.22. The van der Waals surface area contributed by atoms with E-state index < -0.39 is 0 Å². The fraction of sp³-hybridized carbons (Fsp3) is 0.714. The lowest BCUT2D eigenvalue weighted by atomic mass is 9.72. The van der Waals surface area contributed by atoms with Gasteiger partial charge in [-0.25, -0.2) is 0 Å². The second kappa shape index (κ2) is 6.22. The van der Waals surface area contributed by atoms with Crippen LogP contribution in [0.25, 0.3) is 0 Å². The normalized spacial score (nSPS) is 19.4. The Labute approximate surface area is 103 Å². The summed E-state index contributed by atoms with van der Waals surface area (Å²) in [4.78, 5) is 0. The van der Waals surface area contributed by atoms with Crippen molar-refractivity contribution < 1.29 is 9.52 Å². The molecule has 1 aliphatic rings. The molecule has 3 nitrogen and oxygen atoms in total. The Kier molecular flexibility index (Phi) is 4.63. The molecule has 1 aromatic rings. The molecule has 0 bridgehead atoms. The first-order chi connectivity index (χ1) is 8.35. The summed E-state index contributed by atoms with van der Waals surface area (Å²) >= 11 is 0. The van der Waals surface area contributed by atoms with Crippen LogP contribution in [-0.2, 0) is 6.54 Å². The molecule has 3 heteroatoms. The summed E-state index contributed by atoms with van der Waals surface area (Å²) in [7, 11) is 0. The third-order valence-electron chi connectivity index (χ3n) is 3.94. The zero-order chi connectivity index (χ0) is 12.0. The van der Waals surface area contributed by atoms with Gasteiger partial charge in [-0.1, -0.05) is 19.3 Å². The second-order valence-electron chi connectivity index (χ2n) is 5.22. The van der Waals surface area contributed by atoms with E-state index in [-0.39, 0.29) is 0 Å². The van der Waals surface area contributed by atoms with Gasteiger partial charge in [-0.3, -0.25) is 0 Å². The molecule has 1 fully saturated rings. The molecule has 2 rings (SSSR count). The zero-order valence-electron chi connectivity index (χ0n) is 10.5. The van der Waals surface area contributed by atoms with Gasteiger partial charge in [-0.2, -0.15) is 0 Å². The molecule has 0 aliphatic heterocycles. The summed E-state index contributed by atoms with van der Waals surface area (Å²) in [6.45, 7) is 2.09. The highest BCUT2D eigenvalue weighted by atomic mass is 16.3. The lowest BCUT2D eigenvalue weighted by Gasteiger charge is -2.37. The molecule has 0 saturated heterocycles. The third kappa shape index (κ3) is 3.58. The summed E-state index contributed by atoms with van der Waals surface area (Å²) in [5.41, 5.74) is 0.319. The van der Waals surface area contributed by atoms with Crippen molar-refractivity contribution in [3.8, 4) is 0 Å². The SMILES string of the molecule is OCCC1(CNCc2ccco2)CCCCC1.